The molecule has 1 fully saturated rings. The maximum Gasteiger partial charge on any atom is 0.246 e. The van der Waals surface area contributed by atoms with E-state index in [1.807, 2.05) is 34.1 Å². The zero-order valence-electron chi connectivity index (χ0n) is 14.5. The molecule has 1 saturated heterocycles. The minimum absolute atomic E-state index is 0.00469. The Kier molecular flexibility index (Phi) is 4.61. The number of fused-ring (bicyclic) bond motifs is 1. The van der Waals surface area contributed by atoms with Crippen LogP contribution in [0.15, 0.2) is 48.5 Å². The van der Waals surface area contributed by atoms with Gasteiger partial charge in [0.25, 0.3) is 0 Å². The van der Waals surface area contributed by atoms with Gasteiger partial charge in [-0.25, -0.2) is 4.39 Å². The van der Waals surface area contributed by atoms with Crippen molar-refractivity contribution in [2.75, 3.05) is 37.7 Å². The van der Waals surface area contributed by atoms with Gasteiger partial charge in [0.1, 0.15) is 11.6 Å². The highest BCUT2D eigenvalue weighted by Gasteiger charge is 2.21. The van der Waals surface area contributed by atoms with Gasteiger partial charge in [-0.1, -0.05) is 18.2 Å². The molecule has 134 valence electrons. The largest absolute Gasteiger partial charge is 0.493 e. The molecule has 0 radical (unpaired) electrons. The Bertz CT molecular complexity index is 842. The molecule has 0 N–H and O–H groups in total. The van der Waals surface area contributed by atoms with E-state index in [2.05, 4.69) is 6.07 Å². The van der Waals surface area contributed by atoms with Crippen LogP contribution in [0.5, 0.6) is 5.75 Å². The summed E-state index contributed by atoms with van der Waals surface area (Å²) < 4.78 is 19.4. The molecule has 2 aliphatic rings. The third kappa shape index (κ3) is 3.43. The summed E-state index contributed by atoms with van der Waals surface area (Å²) in [4.78, 5) is 16.2. The van der Waals surface area contributed by atoms with Crippen molar-refractivity contribution in [3.8, 4) is 5.75 Å². The van der Waals surface area contributed by atoms with E-state index in [-0.39, 0.29) is 11.7 Å². The van der Waals surface area contributed by atoms with Crippen LogP contribution in [-0.2, 0) is 11.2 Å². The van der Waals surface area contributed by atoms with Gasteiger partial charge >= 0.3 is 0 Å². The number of hydrogen-bond donors (Lipinski definition) is 0. The lowest BCUT2D eigenvalue weighted by molar-refractivity contribution is -0.126. The molecule has 2 aromatic carbocycles. The molecule has 2 aromatic rings. The van der Waals surface area contributed by atoms with E-state index in [4.69, 9.17) is 4.74 Å². The number of benzene rings is 2. The Labute approximate surface area is 152 Å². The lowest BCUT2D eigenvalue weighted by atomic mass is 10.1. The van der Waals surface area contributed by atoms with Crippen molar-refractivity contribution in [3.63, 3.8) is 0 Å². The maximum atomic E-state index is 13.9. The van der Waals surface area contributed by atoms with Crippen molar-refractivity contribution in [2.24, 2.45) is 0 Å². The van der Waals surface area contributed by atoms with E-state index < -0.39 is 0 Å². The first-order valence-electron chi connectivity index (χ1n) is 8.93. The number of carbonyl (C=O) groups excluding carboxylic acids is 1. The van der Waals surface area contributed by atoms with Crippen LogP contribution in [0, 0.1) is 5.82 Å². The van der Waals surface area contributed by atoms with E-state index in [1.54, 1.807) is 18.2 Å². The average molecular weight is 352 g/mol. The first-order valence-corrected chi connectivity index (χ1v) is 8.93. The minimum atomic E-state index is -0.215. The van der Waals surface area contributed by atoms with Crippen LogP contribution in [-0.4, -0.2) is 43.6 Å². The Morgan fingerprint density at radius 1 is 1.08 bits per heavy atom. The quantitative estimate of drug-likeness (QED) is 0.796. The monoisotopic (exact) mass is 352 g/mol. The number of amides is 1. The minimum Gasteiger partial charge on any atom is -0.493 e. The number of nitrogens with zero attached hydrogens (tertiary/aromatic N) is 2. The molecule has 2 aliphatic heterocycles. The summed E-state index contributed by atoms with van der Waals surface area (Å²) in [6.45, 7) is 3.19. The van der Waals surface area contributed by atoms with Crippen molar-refractivity contribution in [3.05, 3.63) is 65.5 Å². The fourth-order valence-electron chi connectivity index (χ4n) is 3.46. The molecule has 0 atom stereocenters. The predicted octanol–water partition coefficient (Wildman–Crippen LogP) is 3.12. The molecule has 0 bridgehead atoms. The molecule has 5 heteroatoms. The van der Waals surface area contributed by atoms with E-state index in [0.717, 1.165) is 24.3 Å². The number of hydrogen-bond acceptors (Lipinski definition) is 3. The zero-order valence-corrected chi connectivity index (χ0v) is 14.5. The zero-order chi connectivity index (χ0) is 17.9. The Morgan fingerprint density at radius 3 is 2.69 bits per heavy atom. The molecular weight excluding hydrogens is 331 g/mol. The van der Waals surface area contributed by atoms with Gasteiger partial charge < -0.3 is 14.5 Å². The van der Waals surface area contributed by atoms with Crippen LogP contribution in [0.4, 0.5) is 10.1 Å². The van der Waals surface area contributed by atoms with Crippen molar-refractivity contribution in [1.29, 1.82) is 0 Å². The van der Waals surface area contributed by atoms with Crippen LogP contribution in [0.3, 0.4) is 0 Å². The standard InChI is InChI=1S/C21H21FN2O2/c22-18-3-1-2-4-19(18)23-10-12-24(13-11-23)21(25)8-6-16-5-7-20-17(15-16)9-14-26-20/h1-8,15H,9-14H2/b8-6+. The van der Waals surface area contributed by atoms with Gasteiger partial charge in [0.15, 0.2) is 0 Å². The third-order valence-electron chi connectivity index (χ3n) is 4.92. The summed E-state index contributed by atoms with van der Waals surface area (Å²) in [5, 5.41) is 0. The van der Waals surface area contributed by atoms with E-state index in [1.165, 1.54) is 11.6 Å². The number of carbonyl (C=O) groups is 1. The van der Waals surface area contributed by atoms with Crippen LogP contribution in [0.2, 0.25) is 0 Å². The van der Waals surface area contributed by atoms with Crippen LogP contribution in [0.1, 0.15) is 11.1 Å². The fraction of sp³-hybridized carbons (Fsp3) is 0.286. The summed E-state index contributed by atoms with van der Waals surface area (Å²) >= 11 is 0. The first-order chi connectivity index (χ1) is 12.7. The molecular formula is C21H21FN2O2. The maximum absolute atomic E-state index is 13.9. The number of para-hydroxylation sites is 1. The normalized spacial score (nSPS) is 16.7. The molecule has 4 rings (SSSR count). The molecule has 0 saturated carbocycles. The van der Waals surface area contributed by atoms with Gasteiger partial charge in [0.2, 0.25) is 5.91 Å². The first kappa shape index (κ1) is 16.6. The van der Waals surface area contributed by atoms with Crippen molar-refractivity contribution < 1.29 is 13.9 Å². The summed E-state index contributed by atoms with van der Waals surface area (Å²) in [6, 6.07) is 12.8. The van der Waals surface area contributed by atoms with Gasteiger partial charge in [-0.3, -0.25) is 4.79 Å². The van der Waals surface area contributed by atoms with E-state index in [0.29, 0.717) is 31.9 Å². The number of ether oxygens (including phenoxy) is 1. The number of anilines is 1. The van der Waals surface area contributed by atoms with E-state index >= 15 is 0 Å². The molecule has 2 heterocycles. The smallest absolute Gasteiger partial charge is 0.246 e. The second-order valence-corrected chi connectivity index (χ2v) is 6.56. The summed E-state index contributed by atoms with van der Waals surface area (Å²) in [5.41, 5.74) is 2.81. The third-order valence-corrected chi connectivity index (χ3v) is 4.92. The lowest BCUT2D eigenvalue weighted by Gasteiger charge is -2.35. The van der Waals surface area contributed by atoms with Crippen molar-refractivity contribution in [1.82, 2.24) is 4.90 Å². The Balaban J connectivity index is 1.36. The molecule has 4 nitrogen and oxygen atoms in total. The molecule has 26 heavy (non-hydrogen) atoms. The van der Waals surface area contributed by atoms with Gasteiger partial charge in [-0.15, -0.1) is 0 Å². The second-order valence-electron chi connectivity index (χ2n) is 6.56. The summed E-state index contributed by atoms with van der Waals surface area (Å²) in [7, 11) is 0. The predicted molar refractivity (Wildman–Crippen MR) is 99.9 cm³/mol. The Morgan fingerprint density at radius 2 is 1.88 bits per heavy atom. The number of rotatable bonds is 3. The van der Waals surface area contributed by atoms with Gasteiger partial charge in [0.05, 0.1) is 12.3 Å². The van der Waals surface area contributed by atoms with Gasteiger partial charge in [-0.2, -0.15) is 0 Å². The van der Waals surface area contributed by atoms with Crippen LogP contribution in [0.25, 0.3) is 6.08 Å². The fourth-order valence-corrected chi connectivity index (χ4v) is 3.46. The number of halogens is 1. The molecule has 0 aromatic heterocycles. The molecule has 0 spiro atoms. The van der Waals surface area contributed by atoms with Crippen LogP contribution < -0.4 is 9.64 Å². The topological polar surface area (TPSA) is 32.8 Å². The molecule has 0 unspecified atom stereocenters. The van der Waals surface area contributed by atoms with E-state index in [9.17, 15) is 9.18 Å². The highest BCUT2D eigenvalue weighted by atomic mass is 19.1. The lowest BCUT2D eigenvalue weighted by Crippen LogP contribution is -2.48. The van der Waals surface area contributed by atoms with Crippen molar-refractivity contribution >= 4 is 17.7 Å². The van der Waals surface area contributed by atoms with Gasteiger partial charge in [0, 0.05) is 38.7 Å². The van der Waals surface area contributed by atoms with Crippen molar-refractivity contribution in [2.45, 2.75) is 6.42 Å². The SMILES string of the molecule is O=C(/C=C/c1ccc2c(c1)CCO2)N1CCN(c2ccccc2F)CC1. The van der Waals surface area contributed by atoms with Crippen LogP contribution >= 0.6 is 0 Å². The molecule has 0 aliphatic carbocycles. The summed E-state index contributed by atoms with van der Waals surface area (Å²) in [6.07, 6.45) is 4.39. The average Bonchev–Trinajstić information content (AvgIpc) is 3.14. The second kappa shape index (κ2) is 7.20. The van der Waals surface area contributed by atoms with Gasteiger partial charge in [-0.05, 0) is 41.5 Å². The number of piperazine rings is 1. The highest BCUT2D eigenvalue weighted by Crippen LogP contribution is 2.26. The summed E-state index contributed by atoms with van der Waals surface area (Å²) in [5.74, 6) is 0.723. The molecule has 1 amide bonds. The highest BCUT2D eigenvalue weighted by molar-refractivity contribution is 5.92. The Hall–Kier alpha value is -2.82.